The van der Waals surface area contributed by atoms with Crippen LogP contribution in [0.2, 0.25) is 5.28 Å². The molecule has 0 unspecified atom stereocenters. The molecule has 0 spiro atoms. The Morgan fingerprint density at radius 2 is 1.16 bits per heavy atom. The SMILES string of the molecule is O=C1c2ccccc2-c2cc(Nc3nc(Cl)nc(Nc4ccc5ccc6cccc7ccc4c5c67)n3)cc3cccc1c23. The molecule has 0 atom stereocenters. The minimum Gasteiger partial charge on any atom is -0.324 e. The maximum atomic E-state index is 13.2. The summed E-state index contributed by atoms with van der Waals surface area (Å²) in [5.41, 5.74) is 4.95. The number of hydrogen-bond donors (Lipinski definition) is 2. The molecule has 7 heteroatoms. The van der Waals surface area contributed by atoms with E-state index in [0.717, 1.165) is 38.7 Å². The first-order chi connectivity index (χ1) is 21.1. The predicted molar refractivity (Wildman–Crippen MR) is 174 cm³/mol. The van der Waals surface area contributed by atoms with Gasteiger partial charge in [0.2, 0.25) is 17.2 Å². The monoisotopic (exact) mass is 573 g/mol. The van der Waals surface area contributed by atoms with Crippen LogP contribution >= 0.6 is 11.6 Å². The Labute approximate surface area is 250 Å². The van der Waals surface area contributed by atoms with Gasteiger partial charge in [0.15, 0.2) is 5.78 Å². The van der Waals surface area contributed by atoms with Gasteiger partial charge >= 0.3 is 0 Å². The average molecular weight is 574 g/mol. The fourth-order valence-corrected chi connectivity index (χ4v) is 6.68. The molecule has 1 heterocycles. The fourth-order valence-electron chi connectivity index (χ4n) is 6.52. The van der Waals surface area contributed by atoms with Crippen LogP contribution in [-0.4, -0.2) is 20.7 Å². The summed E-state index contributed by atoms with van der Waals surface area (Å²) in [5, 5.41) is 15.8. The Morgan fingerprint density at radius 3 is 2.00 bits per heavy atom. The van der Waals surface area contributed by atoms with Crippen molar-refractivity contribution < 1.29 is 4.79 Å². The highest BCUT2D eigenvalue weighted by Crippen LogP contribution is 2.42. The number of benzene rings is 7. The summed E-state index contributed by atoms with van der Waals surface area (Å²) in [4.78, 5) is 26.6. The molecule has 6 nitrogen and oxygen atoms in total. The topological polar surface area (TPSA) is 79.8 Å². The van der Waals surface area contributed by atoms with Gasteiger partial charge in [-0.25, -0.2) is 0 Å². The van der Waals surface area contributed by atoms with Gasteiger partial charge in [-0.3, -0.25) is 4.79 Å². The molecule has 0 radical (unpaired) electrons. The van der Waals surface area contributed by atoms with E-state index in [1.54, 1.807) is 0 Å². The molecule has 1 aliphatic carbocycles. The molecule has 2 N–H and O–H groups in total. The lowest BCUT2D eigenvalue weighted by molar-refractivity contribution is 0.104. The number of nitrogens with zero attached hydrogens (tertiary/aromatic N) is 3. The van der Waals surface area contributed by atoms with Crippen LogP contribution in [0.3, 0.4) is 0 Å². The van der Waals surface area contributed by atoms with E-state index in [9.17, 15) is 4.79 Å². The Morgan fingerprint density at radius 1 is 0.512 bits per heavy atom. The van der Waals surface area contributed by atoms with Crippen LogP contribution < -0.4 is 10.6 Å². The highest BCUT2D eigenvalue weighted by molar-refractivity contribution is 6.29. The summed E-state index contributed by atoms with van der Waals surface area (Å²) in [6, 6.07) is 36.7. The van der Waals surface area contributed by atoms with Crippen LogP contribution in [0.5, 0.6) is 0 Å². The molecule has 43 heavy (non-hydrogen) atoms. The number of ketones is 1. The molecule has 0 fully saturated rings. The van der Waals surface area contributed by atoms with Gasteiger partial charge in [0.25, 0.3) is 0 Å². The minimum atomic E-state index is 0.0427. The first-order valence-electron chi connectivity index (χ1n) is 13.9. The summed E-state index contributed by atoms with van der Waals surface area (Å²) in [6.45, 7) is 0. The Bertz CT molecular complexity index is 2440. The van der Waals surface area contributed by atoms with E-state index >= 15 is 0 Å². The molecule has 0 bridgehead atoms. The molecule has 202 valence electrons. The van der Waals surface area contributed by atoms with E-state index in [1.807, 2.05) is 60.7 Å². The van der Waals surface area contributed by atoms with Crippen molar-refractivity contribution in [3.8, 4) is 11.1 Å². The summed E-state index contributed by atoms with van der Waals surface area (Å²) in [6.07, 6.45) is 0. The molecular formula is C36H20ClN5O. The smallest absolute Gasteiger partial charge is 0.233 e. The van der Waals surface area contributed by atoms with Crippen LogP contribution in [0, 0.1) is 0 Å². The molecule has 0 amide bonds. The molecule has 0 saturated carbocycles. The van der Waals surface area contributed by atoms with E-state index in [0.29, 0.717) is 23.0 Å². The lowest BCUT2D eigenvalue weighted by atomic mass is 9.82. The van der Waals surface area contributed by atoms with E-state index < -0.39 is 0 Å². The number of aromatic nitrogens is 3. The molecular weight excluding hydrogens is 554 g/mol. The minimum absolute atomic E-state index is 0.0427. The third-order valence-corrected chi connectivity index (χ3v) is 8.49. The summed E-state index contributed by atoms with van der Waals surface area (Å²) in [5.74, 6) is 0.683. The van der Waals surface area contributed by atoms with E-state index in [4.69, 9.17) is 11.6 Å². The molecule has 9 rings (SSSR count). The van der Waals surface area contributed by atoms with E-state index in [2.05, 4.69) is 74.1 Å². The zero-order valence-corrected chi connectivity index (χ0v) is 23.3. The number of halogens is 1. The molecule has 7 aromatic carbocycles. The Kier molecular flexibility index (Phi) is 5.01. The van der Waals surface area contributed by atoms with Crippen molar-refractivity contribution in [2.75, 3.05) is 10.6 Å². The molecule has 0 aliphatic heterocycles. The highest BCUT2D eigenvalue weighted by Gasteiger charge is 2.25. The van der Waals surface area contributed by atoms with Crippen LogP contribution in [0.4, 0.5) is 23.3 Å². The normalized spacial score (nSPS) is 12.3. The second-order valence-corrected chi connectivity index (χ2v) is 11.1. The van der Waals surface area contributed by atoms with Crippen molar-refractivity contribution in [1.29, 1.82) is 0 Å². The number of hydrogen-bond acceptors (Lipinski definition) is 6. The van der Waals surface area contributed by atoms with Crippen LogP contribution in [0.15, 0.2) is 109 Å². The second kappa shape index (κ2) is 8.95. The van der Waals surface area contributed by atoms with Crippen molar-refractivity contribution >= 4 is 83.7 Å². The van der Waals surface area contributed by atoms with Crippen molar-refractivity contribution in [3.05, 3.63) is 126 Å². The summed E-state index contributed by atoms with van der Waals surface area (Å²) >= 11 is 6.41. The van der Waals surface area contributed by atoms with Gasteiger partial charge < -0.3 is 10.6 Å². The predicted octanol–water partition coefficient (Wildman–Crippen LogP) is 9.27. The van der Waals surface area contributed by atoms with E-state index in [1.165, 1.54) is 26.9 Å². The number of carbonyl (C=O) groups excluding carboxylic acids is 1. The van der Waals surface area contributed by atoms with Crippen LogP contribution in [0.1, 0.15) is 15.9 Å². The van der Waals surface area contributed by atoms with Gasteiger partial charge in [0, 0.05) is 33.3 Å². The number of nitrogens with one attached hydrogen (secondary N) is 2. The zero-order chi connectivity index (χ0) is 28.7. The van der Waals surface area contributed by atoms with Crippen LogP contribution in [-0.2, 0) is 0 Å². The summed E-state index contributed by atoms with van der Waals surface area (Å²) < 4.78 is 0. The Balaban J connectivity index is 1.12. The van der Waals surface area contributed by atoms with Gasteiger partial charge in [-0.1, -0.05) is 91.0 Å². The lowest BCUT2D eigenvalue weighted by Gasteiger charge is -2.21. The maximum absolute atomic E-state index is 13.2. The maximum Gasteiger partial charge on any atom is 0.233 e. The molecule has 8 aromatic rings. The van der Waals surface area contributed by atoms with Gasteiger partial charge in [0.05, 0.1) is 0 Å². The number of anilines is 4. The van der Waals surface area contributed by atoms with Crippen molar-refractivity contribution in [1.82, 2.24) is 15.0 Å². The van der Waals surface area contributed by atoms with Gasteiger partial charge in [-0.2, -0.15) is 15.0 Å². The highest BCUT2D eigenvalue weighted by atomic mass is 35.5. The molecule has 0 saturated heterocycles. The first kappa shape index (κ1) is 24.1. The standard InChI is InChI=1S/C36H20ClN5O/c37-34-40-35(38-23-17-22-7-4-10-27-31(22)28(18-23)24-8-1-2-9-25(24)33(27)43)42-36(41-34)39-29-16-14-21-12-11-19-5-3-6-20-13-15-26(29)32(21)30(19)20/h1-18H,(H2,38,39,40,41,42). The fraction of sp³-hybridized carbons (Fsp3) is 0. The van der Waals surface area contributed by atoms with Crippen LogP contribution in [0.25, 0.3) is 54.2 Å². The van der Waals surface area contributed by atoms with Crippen molar-refractivity contribution in [3.63, 3.8) is 0 Å². The number of fused-ring (bicyclic) bond motifs is 2. The Hall–Kier alpha value is -5.59. The van der Waals surface area contributed by atoms with Crippen molar-refractivity contribution in [2.45, 2.75) is 0 Å². The van der Waals surface area contributed by atoms with Gasteiger partial charge in [-0.05, 0) is 73.2 Å². The lowest BCUT2D eigenvalue weighted by Crippen LogP contribution is -2.10. The number of carbonyl (C=O) groups is 1. The largest absolute Gasteiger partial charge is 0.324 e. The first-order valence-corrected chi connectivity index (χ1v) is 14.3. The van der Waals surface area contributed by atoms with Gasteiger partial charge in [0.1, 0.15) is 0 Å². The summed E-state index contributed by atoms with van der Waals surface area (Å²) in [7, 11) is 0. The number of rotatable bonds is 4. The zero-order valence-electron chi connectivity index (χ0n) is 22.5. The molecule has 1 aromatic heterocycles. The third-order valence-electron chi connectivity index (χ3n) is 8.32. The quantitative estimate of drug-likeness (QED) is 0.204. The second-order valence-electron chi connectivity index (χ2n) is 10.8. The van der Waals surface area contributed by atoms with Crippen molar-refractivity contribution in [2.24, 2.45) is 0 Å². The van der Waals surface area contributed by atoms with Gasteiger partial charge in [-0.15, -0.1) is 0 Å². The van der Waals surface area contributed by atoms with E-state index in [-0.39, 0.29) is 11.1 Å². The average Bonchev–Trinajstić information content (AvgIpc) is 3.02. The molecule has 1 aliphatic rings. The third kappa shape index (κ3) is 3.67.